The molecule has 10 heteroatoms. The fraction of sp³-hybridized carbons (Fsp3) is 0.182. The number of nitrogens with zero attached hydrogens (tertiary/aromatic N) is 7. The number of carbonyl (C=O) groups is 2. The van der Waals surface area contributed by atoms with E-state index in [4.69, 9.17) is 5.53 Å². The molecule has 0 saturated heterocycles. The Morgan fingerprint density at radius 3 is 2.81 bits per heavy atom. The van der Waals surface area contributed by atoms with E-state index in [0.29, 0.717) is 23.1 Å². The molecule has 1 aliphatic carbocycles. The number of rotatable bonds is 5. The zero-order valence-corrected chi connectivity index (χ0v) is 17.1. The van der Waals surface area contributed by atoms with Gasteiger partial charge in [-0.1, -0.05) is 6.07 Å². The average molecular weight is 426 g/mol. The molecule has 0 radical (unpaired) electrons. The molecule has 10 nitrogen and oxygen atoms in total. The Morgan fingerprint density at radius 1 is 1.19 bits per heavy atom. The summed E-state index contributed by atoms with van der Waals surface area (Å²) in [6.45, 7) is 1.99. The normalized spacial score (nSPS) is 13.0. The molecule has 0 unspecified atom stereocenters. The molecule has 0 aliphatic heterocycles. The molecule has 1 aliphatic rings. The number of hydrogen-bond donors (Lipinski definition) is 1. The van der Waals surface area contributed by atoms with E-state index in [1.165, 1.54) is 0 Å². The summed E-state index contributed by atoms with van der Waals surface area (Å²) in [6.07, 6.45) is 9.00. The van der Waals surface area contributed by atoms with Gasteiger partial charge in [0.15, 0.2) is 5.82 Å². The maximum Gasteiger partial charge on any atom is 0.251 e. The van der Waals surface area contributed by atoms with Crippen LogP contribution in [0.1, 0.15) is 39.1 Å². The van der Waals surface area contributed by atoms with Crippen molar-refractivity contribution in [2.24, 2.45) is 5.11 Å². The van der Waals surface area contributed by atoms with Crippen LogP contribution in [0.3, 0.4) is 0 Å². The van der Waals surface area contributed by atoms with Gasteiger partial charge in [0, 0.05) is 40.0 Å². The van der Waals surface area contributed by atoms with Gasteiger partial charge in [-0.3, -0.25) is 14.0 Å². The van der Waals surface area contributed by atoms with Crippen LogP contribution >= 0.6 is 0 Å². The quantitative estimate of drug-likeness (QED) is 0.295. The highest BCUT2D eigenvalue weighted by atomic mass is 16.2. The van der Waals surface area contributed by atoms with Crippen molar-refractivity contribution < 1.29 is 9.59 Å². The maximum atomic E-state index is 12.5. The fourth-order valence-corrected chi connectivity index (χ4v) is 3.53. The first kappa shape index (κ1) is 19.5. The SMILES string of the molecule is Cc1ccc(C(=O)NC2CC2)cc1-c1cnn(-c2cnc3cc(C(=O)N=[N+]=[N-])ccn23)c1. The molecule has 4 aromatic rings. The van der Waals surface area contributed by atoms with E-state index < -0.39 is 5.91 Å². The molecule has 1 N–H and O–H groups in total. The molecule has 1 fully saturated rings. The highest BCUT2D eigenvalue weighted by Crippen LogP contribution is 2.26. The fourth-order valence-electron chi connectivity index (χ4n) is 3.53. The van der Waals surface area contributed by atoms with Crippen LogP contribution in [0.15, 0.2) is 60.2 Å². The van der Waals surface area contributed by atoms with Gasteiger partial charge >= 0.3 is 0 Å². The summed E-state index contributed by atoms with van der Waals surface area (Å²) in [5, 5.41) is 10.6. The van der Waals surface area contributed by atoms with Crippen molar-refractivity contribution in [2.75, 3.05) is 0 Å². The van der Waals surface area contributed by atoms with Gasteiger partial charge in [-0.2, -0.15) is 5.10 Å². The lowest BCUT2D eigenvalue weighted by Crippen LogP contribution is -2.25. The van der Waals surface area contributed by atoms with Crippen LogP contribution in [-0.4, -0.2) is 37.0 Å². The predicted octanol–water partition coefficient (Wildman–Crippen LogP) is 3.84. The summed E-state index contributed by atoms with van der Waals surface area (Å²) in [4.78, 5) is 31.1. The highest BCUT2D eigenvalue weighted by molar-refractivity contribution is 5.96. The van der Waals surface area contributed by atoms with Crippen molar-refractivity contribution in [3.63, 3.8) is 0 Å². The van der Waals surface area contributed by atoms with Gasteiger partial charge < -0.3 is 5.32 Å². The lowest BCUT2D eigenvalue weighted by molar-refractivity contribution is 0.0949. The van der Waals surface area contributed by atoms with Crippen molar-refractivity contribution in [2.45, 2.75) is 25.8 Å². The van der Waals surface area contributed by atoms with E-state index >= 15 is 0 Å². The number of aryl methyl sites for hydroxylation is 1. The topological polar surface area (TPSA) is 130 Å². The zero-order chi connectivity index (χ0) is 22.2. The first-order chi connectivity index (χ1) is 15.5. The third-order valence-corrected chi connectivity index (χ3v) is 5.42. The van der Waals surface area contributed by atoms with E-state index in [0.717, 1.165) is 29.5 Å². The van der Waals surface area contributed by atoms with Crippen molar-refractivity contribution in [1.29, 1.82) is 0 Å². The highest BCUT2D eigenvalue weighted by Gasteiger charge is 2.24. The maximum absolute atomic E-state index is 12.5. The second-order valence-electron chi connectivity index (χ2n) is 7.71. The van der Waals surface area contributed by atoms with E-state index in [1.54, 1.807) is 39.8 Å². The molecule has 32 heavy (non-hydrogen) atoms. The molecule has 3 aromatic heterocycles. The Kier molecular flexibility index (Phi) is 4.68. The summed E-state index contributed by atoms with van der Waals surface area (Å²) < 4.78 is 3.46. The van der Waals surface area contributed by atoms with Gasteiger partial charge in [0.2, 0.25) is 5.91 Å². The lowest BCUT2D eigenvalue weighted by atomic mass is 10.0. The summed E-state index contributed by atoms with van der Waals surface area (Å²) in [7, 11) is 0. The van der Waals surface area contributed by atoms with Crippen molar-refractivity contribution in [3.05, 3.63) is 82.3 Å². The molecule has 2 amide bonds. The molecule has 0 bridgehead atoms. The minimum atomic E-state index is -0.665. The molecular weight excluding hydrogens is 408 g/mol. The molecule has 158 valence electrons. The van der Waals surface area contributed by atoms with Gasteiger partial charge in [0.1, 0.15) is 5.65 Å². The van der Waals surface area contributed by atoms with E-state index in [1.807, 2.05) is 31.3 Å². The van der Waals surface area contributed by atoms with Crippen molar-refractivity contribution in [1.82, 2.24) is 24.5 Å². The smallest absolute Gasteiger partial charge is 0.251 e. The average Bonchev–Trinajstić information content (AvgIpc) is 3.31. The predicted molar refractivity (Wildman–Crippen MR) is 116 cm³/mol. The minimum Gasteiger partial charge on any atom is -0.349 e. The number of aromatic nitrogens is 4. The molecule has 3 heterocycles. The summed E-state index contributed by atoms with van der Waals surface area (Å²) in [6, 6.07) is 9.07. The summed E-state index contributed by atoms with van der Waals surface area (Å²) in [5.41, 5.74) is 12.7. The molecule has 5 rings (SSSR count). The van der Waals surface area contributed by atoms with Gasteiger partial charge in [0.25, 0.3) is 5.91 Å². The standard InChI is InChI=1S/C22H18N8O2/c1-13-2-3-14(21(31)26-17-4-5-17)8-18(13)16-10-25-30(12-16)20-11-24-19-9-15(6-7-29(19)20)22(32)27-28-23/h2-3,6-12,17H,4-5H2,1H3,(H,26,31). The molecule has 0 atom stereocenters. The number of carbonyl (C=O) groups excluding carboxylic acids is 2. The molecule has 1 aromatic carbocycles. The third kappa shape index (κ3) is 3.59. The van der Waals surface area contributed by atoms with Gasteiger partial charge in [-0.25, -0.2) is 9.67 Å². The first-order valence-electron chi connectivity index (χ1n) is 10.1. The van der Waals surface area contributed by atoms with Crippen LogP contribution < -0.4 is 5.32 Å². The summed E-state index contributed by atoms with van der Waals surface area (Å²) in [5.74, 6) is -0.0506. The van der Waals surface area contributed by atoms with Crippen LogP contribution in [0.2, 0.25) is 0 Å². The van der Waals surface area contributed by atoms with Crippen molar-refractivity contribution >= 4 is 17.5 Å². The van der Waals surface area contributed by atoms with Crippen LogP contribution in [0.4, 0.5) is 0 Å². The lowest BCUT2D eigenvalue weighted by Gasteiger charge is -2.08. The Hall–Kier alpha value is -4.43. The Labute approximate surface area is 182 Å². The first-order valence-corrected chi connectivity index (χ1v) is 10.1. The minimum absolute atomic E-state index is 0.0611. The van der Waals surface area contributed by atoms with Crippen LogP contribution in [0.25, 0.3) is 33.0 Å². The van der Waals surface area contributed by atoms with Gasteiger partial charge in [0.05, 0.1) is 12.4 Å². The monoisotopic (exact) mass is 426 g/mol. The van der Waals surface area contributed by atoms with E-state index in [-0.39, 0.29) is 11.5 Å². The van der Waals surface area contributed by atoms with Crippen molar-refractivity contribution in [3.8, 4) is 16.9 Å². The van der Waals surface area contributed by atoms with E-state index in [9.17, 15) is 9.59 Å². The second kappa shape index (κ2) is 7.68. The number of nitrogens with one attached hydrogen (secondary N) is 1. The Morgan fingerprint density at radius 2 is 2.03 bits per heavy atom. The third-order valence-electron chi connectivity index (χ3n) is 5.42. The molecular formula is C22H18N8O2. The molecule has 0 spiro atoms. The number of benzene rings is 1. The van der Waals surface area contributed by atoms with Crippen LogP contribution in [0.5, 0.6) is 0 Å². The van der Waals surface area contributed by atoms with E-state index in [2.05, 4.69) is 25.4 Å². The number of pyridine rings is 1. The van der Waals surface area contributed by atoms with Gasteiger partial charge in [-0.05, 0) is 65.8 Å². The van der Waals surface area contributed by atoms with Crippen LogP contribution in [-0.2, 0) is 0 Å². The number of azide groups is 1. The zero-order valence-electron chi connectivity index (χ0n) is 17.1. The van der Waals surface area contributed by atoms with Gasteiger partial charge in [-0.15, -0.1) is 0 Å². The largest absolute Gasteiger partial charge is 0.349 e. The number of amides is 2. The number of hydrogen-bond acceptors (Lipinski definition) is 4. The van der Waals surface area contributed by atoms with Crippen LogP contribution in [0, 0.1) is 6.92 Å². The summed E-state index contributed by atoms with van der Waals surface area (Å²) >= 11 is 0. The second-order valence-corrected chi connectivity index (χ2v) is 7.71. The molecule has 1 saturated carbocycles. The number of imidazole rings is 1. The Balaban J connectivity index is 1.47. The number of fused-ring (bicyclic) bond motifs is 1. The Bertz CT molecular complexity index is 1420.